The highest BCUT2D eigenvalue weighted by atomic mass is 79.9. The molecule has 0 amide bonds. The number of hydrogen-bond donors (Lipinski definition) is 0. The van der Waals surface area contributed by atoms with Crippen LogP contribution >= 0.6 is 15.9 Å². The third kappa shape index (κ3) is 4.21. The molecule has 0 bridgehead atoms. The summed E-state index contributed by atoms with van der Waals surface area (Å²) in [5, 5.41) is 2.45. The van der Waals surface area contributed by atoms with Crippen molar-refractivity contribution in [1.29, 1.82) is 0 Å². The number of imidazole rings is 1. The third-order valence-corrected chi connectivity index (χ3v) is 6.23. The van der Waals surface area contributed by atoms with Crippen LogP contribution in [0.4, 0.5) is 0 Å². The molecule has 0 radical (unpaired) electrons. The molecule has 0 aliphatic rings. The highest BCUT2D eigenvalue weighted by Gasteiger charge is 2.14. The number of fused-ring (bicyclic) bond motifs is 2. The predicted octanol–water partition coefficient (Wildman–Crippen LogP) is 7.48. The van der Waals surface area contributed by atoms with E-state index in [1.165, 1.54) is 16.3 Å². The maximum absolute atomic E-state index is 6.02. The average molecular weight is 471 g/mol. The normalized spacial score (nSPS) is 11.3. The molecular weight excluding hydrogens is 448 g/mol. The molecule has 0 atom stereocenters. The lowest BCUT2D eigenvalue weighted by Crippen LogP contribution is -2.04. The van der Waals surface area contributed by atoms with Crippen LogP contribution in [0, 0.1) is 0 Å². The smallest absolute Gasteiger partial charge is 0.142 e. The van der Waals surface area contributed by atoms with Crippen LogP contribution < -0.4 is 4.74 Å². The molecule has 31 heavy (non-hydrogen) atoms. The molecule has 0 N–H and O–H groups in total. The number of ether oxygens (including phenoxy) is 1. The summed E-state index contributed by atoms with van der Waals surface area (Å²) in [6.45, 7) is 1.60. The van der Waals surface area contributed by atoms with E-state index in [-0.39, 0.29) is 0 Å². The van der Waals surface area contributed by atoms with Crippen LogP contribution in [0.1, 0.15) is 12.8 Å². The van der Waals surface area contributed by atoms with E-state index in [1.54, 1.807) is 0 Å². The maximum atomic E-state index is 6.02. The second-order valence-corrected chi connectivity index (χ2v) is 8.47. The number of aromatic nitrogens is 2. The summed E-state index contributed by atoms with van der Waals surface area (Å²) >= 11 is 3.69. The molecule has 4 heteroatoms. The van der Waals surface area contributed by atoms with Crippen molar-refractivity contribution in [3.63, 3.8) is 0 Å². The van der Waals surface area contributed by atoms with Crippen LogP contribution in [-0.4, -0.2) is 16.2 Å². The lowest BCUT2D eigenvalue weighted by atomic mass is 10.1. The van der Waals surface area contributed by atoms with Crippen LogP contribution in [0.5, 0.6) is 5.75 Å². The van der Waals surface area contributed by atoms with Gasteiger partial charge in [-0.25, -0.2) is 4.98 Å². The van der Waals surface area contributed by atoms with E-state index in [0.717, 1.165) is 46.5 Å². The molecule has 5 rings (SSSR count). The van der Waals surface area contributed by atoms with Crippen molar-refractivity contribution < 1.29 is 4.74 Å². The zero-order chi connectivity index (χ0) is 21.0. The Hall–Kier alpha value is -3.11. The monoisotopic (exact) mass is 470 g/mol. The van der Waals surface area contributed by atoms with Crippen molar-refractivity contribution in [3.05, 3.63) is 95.5 Å². The molecular formula is C27H23BrN2O. The minimum absolute atomic E-state index is 0.704. The topological polar surface area (TPSA) is 27.1 Å². The van der Waals surface area contributed by atoms with Crippen molar-refractivity contribution in [2.45, 2.75) is 19.4 Å². The number of benzene rings is 4. The Kier molecular flexibility index (Phi) is 5.72. The highest BCUT2D eigenvalue weighted by Crippen LogP contribution is 2.30. The summed E-state index contributed by atoms with van der Waals surface area (Å²) in [6.07, 6.45) is 2.00. The first-order valence-corrected chi connectivity index (χ1v) is 11.4. The number of halogens is 1. The SMILES string of the molecule is Brc1ccccc1-c1nc2ccccc2n1CCCCOc1ccc2ccccc2c1. The van der Waals surface area contributed by atoms with E-state index >= 15 is 0 Å². The Labute approximate surface area is 190 Å². The maximum Gasteiger partial charge on any atom is 0.142 e. The molecule has 0 fully saturated rings. The second kappa shape index (κ2) is 8.94. The van der Waals surface area contributed by atoms with Gasteiger partial charge in [0.1, 0.15) is 11.6 Å². The van der Waals surface area contributed by atoms with E-state index in [4.69, 9.17) is 9.72 Å². The van der Waals surface area contributed by atoms with Gasteiger partial charge in [-0.3, -0.25) is 0 Å². The number of para-hydroxylation sites is 2. The quantitative estimate of drug-likeness (QED) is 0.230. The fraction of sp³-hybridized carbons (Fsp3) is 0.148. The van der Waals surface area contributed by atoms with E-state index in [1.807, 2.05) is 12.1 Å². The zero-order valence-corrected chi connectivity index (χ0v) is 18.8. The standard InChI is InChI=1S/C27H23BrN2O/c28-24-12-4-3-11-23(24)27-29-25-13-5-6-14-26(25)30(27)17-7-8-18-31-22-16-15-20-9-1-2-10-21(20)19-22/h1-6,9-16,19H,7-8,17-18H2. The lowest BCUT2D eigenvalue weighted by Gasteiger charge is -2.11. The van der Waals surface area contributed by atoms with Gasteiger partial charge >= 0.3 is 0 Å². The van der Waals surface area contributed by atoms with E-state index in [0.29, 0.717) is 6.61 Å². The van der Waals surface area contributed by atoms with Gasteiger partial charge in [-0.15, -0.1) is 0 Å². The summed E-state index contributed by atoms with van der Waals surface area (Å²) in [6, 6.07) is 31.3. The molecule has 4 aromatic carbocycles. The van der Waals surface area contributed by atoms with Crippen LogP contribution in [0.25, 0.3) is 33.2 Å². The lowest BCUT2D eigenvalue weighted by molar-refractivity contribution is 0.304. The fourth-order valence-electron chi connectivity index (χ4n) is 3.97. The minimum atomic E-state index is 0.704. The predicted molar refractivity (Wildman–Crippen MR) is 132 cm³/mol. The largest absolute Gasteiger partial charge is 0.494 e. The van der Waals surface area contributed by atoms with Crippen molar-refractivity contribution in [2.24, 2.45) is 0 Å². The second-order valence-electron chi connectivity index (χ2n) is 7.62. The van der Waals surface area contributed by atoms with Gasteiger partial charge < -0.3 is 9.30 Å². The number of nitrogens with zero attached hydrogens (tertiary/aromatic N) is 2. The molecule has 3 nitrogen and oxygen atoms in total. The Morgan fingerprint density at radius 2 is 1.55 bits per heavy atom. The number of aryl methyl sites for hydroxylation is 1. The summed E-state index contributed by atoms with van der Waals surface area (Å²) < 4.78 is 9.41. The van der Waals surface area contributed by atoms with Gasteiger partial charge in [0, 0.05) is 16.6 Å². The van der Waals surface area contributed by atoms with Crippen LogP contribution in [-0.2, 0) is 6.54 Å². The van der Waals surface area contributed by atoms with Gasteiger partial charge in [0.15, 0.2) is 0 Å². The van der Waals surface area contributed by atoms with Gasteiger partial charge in [-0.1, -0.05) is 76.6 Å². The molecule has 0 spiro atoms. The molecule has 1 heterocycles. The van der Waals surface area contributed by atoms with Crippen LogP contribution in [0.15, 0.2) is 95.5 Å². The van der Waals surface area contributed by atoms with Crippen molar-refractivity contribution in [2.75, 3.05) is 6.61 Å². The summed E-state index contributed by atoms with van der Waals surface area (Å²) in [4.78, 5) is 4.92. The molecule has 0 saturated heterocycles. The Balaban J connectivity index is 1.28. The van der Waals surface area contributed by atoms with E-state index < -0.39 is 0 Å². The molecule has 0 aliphatic heterocycles. The number of rotatable bonds is 7. The van der Waals surface area contributed by atoms with Crippen LogP contribution in [0.3, 0.4) is 0 Å². The van der Waals surface area contributed by atoms with Gasteiger partial charge in [0.05, 0.1) is 17.6 Å². The zero-order valence-electron chi connectivity index (χ0n) is 17.2. The van der Waals surface area contributed by atoms with E-state index in [2.05, 4.69) is 99.4 Å². The average Bonchev–Trinajstić information content (AvgIpc) is 3.17. The molecule has 154 valence electrons. The first-order chi connectivity index (χ1) is 15.3. The Morgan fingerprint density at radius 3 is 2.45 bits per heavy atom. The van der Waals surface area contributed by atoms with Gasteiger partial charge in [0.2, 0.25) is 0 Å². The summed E-state index contributed by atoms with van der Waals surface area (Å²) in [5.41, 5.74) is 3.32. The number of hydrogen-bond acceptors (Lipinski definition) is 2. The first-order valence-electron chi connectivity index (χ1n) is 10.6. The Bertz CT molecular complexity index is 1340. The number of unbranched alkanes of at least 4 members (excludes halogenated alkanes) is 1. The summed E-state index contributed by atoms with van der Waals surface area (Å²) in [7, 11) is 0. The van der Waals surface area contributed by atoms with E-state index in [9.17, 15) is 0 Å². The fourth-order valence-corrected chi connectivity index (χ4v) is 4.43. The molecule has 1 aromatic heterocycles. The third-order valence-electron chi connectivity index (χ3n) is 5.54. The minimum Gasteiger partial charge on any atom is -0.494 e. The molecule has 0 saturated carbocycles. The van der Waals surface area contributed by atoms with Gasteiger partial charge in [-0.05, 0) is 53.9 Å². The summed E-state index contributed by atoms with van der Waals surface area (Å²) in [5.74, 6) is 1.94. The molecule has 0 unspecified atom stereocenters. The van der Waals surface area contributed by atoms with Crippen molar-refractivity contribution >= 4 is 37.7 Å². The van der Waals surface area contributed by atoms with Gasteiger partial charge in [-0.2, -0.15) is 0 Å². The highest BCUT2D eigenvalue weighted by molar-refractivity contribution is 9.10. The first kappa shape index (κ1) is 19.8. The van der Waals surface area contributed by atoms with Crippen molar-refractivity contribution in [1.82, 2.24) is 9.55 Å². The van der Waals surface area contributed by atoms with Crippen molar-refractivity contribution in [3.8, 4) is 17.1 Å². The van der Waals surface area contributed by atoms with Crippen LogP contribution in [0.2, 0.25) is 0 Å². The Morgan fingerprint density at radius 1 is 0.774 bits per heavy atom. The molecule has 0 aliphatic carbocycles. The molecule has 5 aromatic rings. The van der Waals surface area contributed by atoms with Gasteiger partial charge in [0.25, 0.3) is 0 Å².